The van der Waals surface area contributed by atoms with E-state index < -0.39 is 11.5 Å². The van der Waals surface area contributed by atoms with Gasteiger partial charge in [-0.2, -0.15) is 0 Å². The minimum Gasteiger partial charge on any atom is -0.504 e. The minimum absolute atomic E-state index is 0.0423. The molecule has 0 unspecified atom stereocenters. The van der Waals surface area contributed by atoms with Gasteiger partial charge in [-0.15, -0.1) is 0 Å². The summed E-state index contributed by atoms with van der Waals surface area (Å²) in [6.45, 7) is 2.25. The first-order valence-electron chi connectivity index (χ1n) is 8.90. The van der Waals surface area contributed by atoms with E-state index in [1.807, 2.05) is 12.1 Å². The van der Waals surface area contributed by atoms with Crippen molar-refractivity contribution in [2.45, 2.75) is 24.8 Å². The highest BCUT2D eigenvalue weighted by atomic mass is 35.5. The molecule has 27 heavy (non-hydrogen) atoms. The predicted molar refractivity (Wildman–Crippen MR) is 101 cm³/mol. The Morgan fingerprint density at radius 2 is 1.96 bits per heavy atom. The van der Waals surface area contributed by atoms with Gasteiger partial charge in [-0.05, 0) is 36.6 Å². The molecule has 1 spiro atoms. The van der Waals surface area contributed by atoms with Crippen LogP contribution in [0.4, 0.5) is 0 Å². The van der Waals surface area contributed by atoms with E-state index in [2.05, 4.69) is 6.07 Å². The zero-order valence-electron chi connectivity index (χ0n) is 14.7. The SMILES string of the molecule is NCc1ccc2c(c1)C1(CCN(C(=O)c3cc(O)c(O)c(Cl)c3)CC1)CO2. The number of phenols is 2. The van der Waals surface area contributed by atoms with Gasteiger partial charge in [-0.25, -0.2) is 0 Å². The molecular formula is C20H21ClN2O4. The van der Waals surface area contributed by atoms with Crippen LogP contribution >= 0.6 is 11.6 Å². The number of benzene rings is 2. The summed E-state index contributed by atoms with van der Waals surface area (Å²) in [7, 11) is 0. The number of ether oxygens (including phenoxy) is 1. The van der Waals surface area contributed by atoms with Crippen molar-refractivity contribution in [3.63, 3.8) is 0 Å². The number of nitrogens with two attached hydrogens (primary N) is 1. The topological polar surface area (TPSA) is 96.0 Å². The molecule has 0 aromatic heterocycles. The molecular weight excluding hydrogens is 368 g/mol. The zero-order valence-corrected chi connectivity index (χ0v) is 15.5. The number of piperidine rings is 1. The molecule has 2 aliphatic heterocycles. The van der Waals surface area contributed by atoms with E-state index in [-0.39, 0.29) is 21.9 Å². The second kappa shape index (κ2) is 6.62. The fraction of sp³-hybridized carbons (Fsp3) is 0.350. The van der Waals surface area contributed by atoms with Crippen molar-refractivity contribution in [1.29, 1.82) is 0 Å². The number of carbonyl (C=O) groups is 1. The Labute approximate surface area is 162 Å². The zero-order chi connectivity index (χ0) is 19.2. The largest absolute Gasteiger partial charge is 0.504 e. The summed E-state index contributed by atoms with van der Waals surface area (Å²) >= 11 is 5.88. The number of hydrogen-bond donors (Lipinski definition) is 3. The molecule has 142 valence electrons. The number of nitrogens with zero attached hydrogens (tertiary/aromatic N) is 1. The lowest BCUT2D eigenvalue weighted by atomic mass is 9.74. The molecule has 1 amide bonds. The van der Waals surface area contributed by atoms with Gasteiger partial charge in [0.1, 0.15) is 5.75 Å². The lowest BCUT2D eigenvalue weighted by Gasteiger charge is -2.38. The molecule has 0 saturated carbocycles. The van der Waals surface area contributed by atoms with Gasteiger partial charge in [0.2, 0.25) is 0 Å². The van der Waals surface area contributed by atoms with Gasteiger partial charge in [0.05, 0.1) is 11.6 Å². The highest BCUT2D eigenvalue weighted by Crippen LogP contribution is 2.46. The van der Waals surface area contributed by atoms with Crippen LogP contribution in [0.3, 0.4) is 0 Å². The summed E-state index contributed by atoms with van der Waals surface area (Å²) in [6, 6.07) is 8.71. The smallest absolute Gasteiger partial charge is 0.254 e. The number of amides is 1. The van der Waals surface area contributed by atoms with Crippen molar-refractivity contribution in [2.75, 3.05) is 19.7 Å². The van der Waals surface area contributed by atoms with E-state index in [0.717, 1.165) is 24.2 Å². The van der Waals surface area contributed by atoms with Crippen molar-refractivity contribution >= 4 is 17.5 Å². The minimum atomic E-state index is -0.416. The predicted octanol–water partition coefficient (Wildman–Crippen LogP) is 2.78. The molecule has 2 aromatic rings. The fourth-order valence-corrected chi connectivity index (χ4v) is 4.19. The molecule has 7 heteroatoms. The number of hydrogen-bond acceptors (Lipinski definition) is 5. The second-order valence-corrected chi connectivity index (χ2v) is 7.63. The van der Waals surface area contributed by atoms with Gasteiger partial charge in [0.25, 0.3) is 5.91 Å². The molecule has 6 nitrogen and oxygen atoms in total. The maximum absolute atomic E-state index is 12.8. The second-order valence-electron chi connectivity index (χ2n) is 7.22. The Hall–Kier alpha value is -2.44. The van der Waals surface area contributed by atoms with Crippen LogP contribution in [-0.4, -0.2) is 40.7 Å². The van der Waals surface area contributed by atoms with Crippen LogP contribution in [0.25, 0.3) is 0 Å². The van der Waals surface area contributed by atoms with Gasteiger partial charge in [0, 0.05) is 36.2 Å². The molecule has 4 rings (SSSR count). The molecule has 0 atom stereocenters. The first-order chi connectivity index (χ1) is 12.9. The van der Waals surface area contributed by atoms with E-state index in [9.17, 15) is 15.0 Å². The van der Waals surface area contributed by atoms with Gasteiger partial charge >= 0.3 is 0 Å². The van der Waals surface area contributed by atoms with Crippen molar-refractivity contribution in [3.05, 3.63) is 52.0 Å². The molecule has 0 bridgehead atoms. The third-order valence-corrected chi connectivity index (χ3v) is 5.94. The number of carbonyl (C=O) groups excluding carboxylic acids is 1. The lowest BCUT2D eigenvalue weighted by molar-refractivity contribution is 0.0646. The Morgan fingerprint density at radius 3 is 2.63 bits per heavy atom. The Balaban J connectivity index is 1.53. The Morgan fingerprint density at radius 1 is 1.22 bits per heavy atom. The highest BCUT2D eigenvalue weighted by Gasteiger charge is 2.44. The first-order valence-corrected chi connectivity index (χ1v) is 9.28. The van der Waals surface area contributed by atoms with Crippen LogP contribution < -0.4 is 10.5 Å². The van der Waals surface area contributed by atoms with Crippen LogP contribution in [0.5, 0.6) is 17.2 Å². The normalized spacial score (nSPS) is 17.6. The van der Waals surface area contributed by atoms with Crippen LogP contribution in [0.1, 0.15) is 34.3 Å². The number of aromatic hydroxyl groups is 2. The lowest BCUT2D eigenvalue weighted by Crippen LogP contribution is -2.46. The average molecular weight is 389 g/mol. The number of rotatable bonds is 2. The summed E-state index contributed by atoms with van der Waals surface area (Å²) in [5.41, 5.74) is 8.21. The molecule has 2 aliphatic rings. The molecule has 1 saturated heterocycles. The number of fused-ring (bicyclic) bond motifs is 2. The van der Waals surface area contributed by atoms with E-state index in [1.165, 1.54) is 17.7 Å². The van der Waals surface area contributed by atoms with E-state index >= 15 is 0 Å². The number of likely N-dealkylation sites (tertiary alicyclic amines) is 1. The summed E-state index contributed by atoms with van der Waals surface area (Å²) in [5, 5.41) is 19.2. The maximum atomic E-state index is 12.8. The van der Waals surface area contributed by atoms with Crippen molar-refractivity contribution in [3.8, 4) is 17.2 Å². The fourth-order valence-electron chi connectivity index (χ4n) is 3.98. The summed E-state index contributed by atoms with van der Waals surface area (Å²) < 4.78 is 5.89. The van der Waals surface area contributed by atoms with Crippen molar-refractivity contribution < 1.29 is 19.7 Å². The third-order valence-electron chi connectivity index (χ3n) is 5.65. The maximum Gasteiger partial charge on any atom is 0.254 e. The van der Waals surface area contributed by atoms with Gasteiger partial charge < -0.3 is 25.6 Å². The monoisotopic (exact) mass is 388 g/mol. The van der Waals surface area contributed by atoms with Crippen molar-refractivity contribution in [2.24, 2.45) is 5.73 Å². The van der Waals surface area contributed by atoms with E-state index in [0.29, 0.717) is 26.2 Å². The van der Waals surface area contributed by atoms with E-state index in [4.69, 9.17) is 22.1 Å². The molecule has 0 aliphatic carbocycles. The van der Waals surface area contributed by atoms with Gasteiger partial charge in [0.15, 0.2) is 11.5 Å². The van der Waals surface area contributed by atoms with Crippen LogP contribution in [0, 0.1) is 0 Å². The molecule has 2 aromatic carbocycles. The number of halogens is 1. The summed E-state index contributed by atoms with van der Waals surface area (Å²) in [4.78, 5) is 14.5. The van der Waals surface area contributed by atoms with E-state index in [1.54, 1.807) is 4.90 Å². The Bertz CT molecular complexity index is 884. The average Bonchev–Trinajstić information content (AvgIpc) is 3.03. The third kappa shape index (κ3) is 2.99. The number of phenolic OH excluding ortho intramolecular Hbond substituents is 2. The van der Waals surface area contributed by atoms with Crippen LogP contribution in [0.15, 0.2) is 30.3 Å². The first kappa shape index (κ1) is 17.9. The standard InChI is InChI=1S/C20H21ClN2O4/c21-15-8-13(9-16(24)18(15)25)19(26)23-5-3-20(4-6-23)11-27-17-2-1-12(10-22)7-14(17)20/h1-2,7-9,24-25H,3-6,10-11,22H2. The van der Waals surface area contributed by atoms with Crippen LogP contribution in [0.2, 0.25) is 5.02 Å². The summed E-state index contributed by atoms with van der Waals surface area (Å²) in [6.07, 6.45) is 1.58. The molecule has 4 N–H and O–H groups in total. The highest BCUT2D eigenvalue weighted by molar-refractivity contribution is 6.32. The summed E-state index contributed by atoms with van der Waals surface area (Å²) in [5.74, 6) is -0.118. The molecule has 1 fully saturated rings. The quantitative estimate of drug-likeness (QED) is 0.687. The van der Waals surface area contributed by atoms with Gasteiger partial charge in [-0.1, -0.05) is 23.7 Å². The van der Waals surface area contributed by atoms with Gasteiger partial charge in [-0.3, -0.25) is 4.79 Å². The Kier molecular flexibility index (Phi) is 4.40. The van der Waals surface area contributed by atoms with Crippen LogP contribution in [-0.2, 0) is 12.0 Å². The molecule has 0 radical (unpaired) electrons. The molecule has 2 heterocycles. The van der Waals surface area contributed by atoms with Crippen molar-refractivity contribution in [1.82, 2.24) is 4.90 Å².